The number of carbonyl (C=O) groups excluding carboxylic acids is 1. The summed E-state index contributed by atoms with van der Waals surface area (Å²) in [6.07, 6.45) is 0. The van der Waals surface area contributed by atoms with E-state index >= 15 is 0 Å². The first-order valence-electron chi connectivity index (χ1n) is 6.90. The largest absolute Gasteiger partial charge is 0.348 e. The van der Waals surface area contributed by atoms with Crippen molar-refractivity contribution in [2.24, 2.45) is 5.41 Å². The standard InChI is InChI=1S/C17H24N2O/c1-12(19-15(20)17(5,6)11-18)13-7-9-14(10-8-13)16(2,3)4/h7-10,12H,1-6H3,(H,19,20). The molecule has 0 fully saturated rings. The second kappa shape index (κ2) is 5.66. The van der Waals surface area contributed by atoms with Gasteiger partial charge in [0.05, 0.1) is 12.1 Å². The molecule has 1 rings (SSSR count). The zero-order valence-electron chi connectivity index (χ0n) is 13.2. The fourth-order valence-electron chi connectivity index (χ4n) is 1.78. The number of hydrogen-bond donors (Lipinski definition) is 1. The molecule has 0 aliphatic heterocycles. The van der Waals surface area contributed by atoms with E-state index in [0.717, 1.165) is 5.56 Å². The van der Waals surface area contributed by atoms with Gasteiger partial charge in [0, 0.05) is 0 Å². The van der Waals surface area contributed by atoms with Crippen molar-refractivity contribution in [3.05, 3.63) is 35.4 Å². The summed E-state index contributed by atoms with van der Waals surface area (Å²) >= 11 is 0. The Balaban J connectivity index is 2.82. The molecule has 0 heterocycles. The van der Waals surface area contributed by atoms with Crippen molar-refractivity contribution in [2.45, 2.75) is 53.0 Å². The maximum atomic E-state index is 12.0. The van der Waals surface area contributed by atoms with Crippen molar-refractivity contribution in [1.29, 1.82) is 5.26 Å². The third-order valence-corrected chi connectivity index (χ3v) is 3.47. The summed E-state index contributed by atoms with van der Waals surface area (Å²) in [5.41, 5.74) is 1.42. The number of hydrogen-bond acceptors (Lipinski definition) is 2. The molecule has 20 heavy (non-hydrogen) atoms. The minimum Gasteiger partial charge on any atom is -0.348 e. The van der Waals surface area contributed by atoms with Gasteiger partial charge in [-0.2, -0.15) is 5.26 Å². The molecule has 1 atom stereocenters. The fourth-order valence-corrected chi connectivity index (χ4v) is 1.78. The van der Waals surface area contributed by atoms with E-state index in [1.165, 1.54) is 5.56 Å². The lowest BCUT2D eigenvalue weighted by molar-refractivity contribution is -0.127. The molecule has 1 unspecified atom stereocenters. The minimum absolute atomic E-state index is 0.107. The molecule has 0 radical (unpaired) electrons. The summed E-state index contributed by atoms with van der Waals surface area (Å²) in [5.74, 6) is -0.243. The lowest BCUT2D eigenvalue weighted by Gasteiger charge is -2.22. The van der Waals surface area contributed by atoms with Crippen LogP contribution in [0.25, 0.3) is 0 Å². The van der Waals surface area contributed by atoms with Crippen molar-refractivity contribution >= 4 is 5.91 Å². The first-order chi connectivity index (χ1) is 9.08. The molecule has 0 aliphatic carbocycles. The van der Waals surface area contributed by atoms with E-state index in [-0.39, 0.29) is 17.4 Å². The highest BCUT2D eigenvalue weighted by molar-refractivity contribution is 5.84. The molecule has 1 aromatic carbocycles. The van der Waals surface area contributed by atoms with Crippen molar-refractivity contribution in [3.8, 4) is 6.07 Å². The maximum Gasteiger partial charge on any atom is 0.240 e. The smallest absolute Gasteiger partial charge is 0.240 e. The van der Waals surface area contributed by atoms with Gasteiger partial charge in [0.1, 0.15) is 5.41 Å². The Hall–Kier alpha value is -1.82. The van der Waals surface area contributed by atoms with Crippen LogP contribution in [0, 0.1) is 16.7 Å². The number of benzene rings is 1. The number of rotatable bonds is 3. The van der Waals surface area contributed by atoms with E-state index in [0.29, 0.717) is 0 Å². The predicted octanol–water partition coefficient (Wildman–Crippen LogP) is 3.71. The van der Waals surface area contributed by atoms with E-state index in [9.17, 15) is 4.79 Å². The third kappa shape index (κ3) is 3.84. The Morgan fingerprint density at radius 3 is 2.05 bits per heavy atom. The monoisotopic (exact) mass is 272 g/mol. The van der Waals surface area contributed by atoms with Crippen molar-refractivity contribution in [1.82, 2.24) is 5.32 Å². The van der Waals surface area contributed by atoms with Gasteiger partial charge in [-0.25, -0.2) is 0 Å². The molecule has 0 aromatic heterocycles. The van der Waals surface area contributed by atoms with Crippen LogP contribution >= 0.6 is 0 Å². The average molecular weight is 272 g/mol. The lowest BCUT2D eigenvalue weighted by atomic mass is 9.86. The highest BCUT2D eigenvalue weighted by Crippen LogP contribution is 2.24. The van der Waals surface area contributed by atoms with E-state index in [4.69, 9.17) is 5.26 Å². The number of nitrogens with one attached hydrogen (secondary N) is 1. The molecule has 0 saturated carbocycles. The molecule has 1 N–H and O–H groups in total. The number of carbonyl (C=O) groups is 1. The normalized spacial score (nSPS) is 13.4. The summed E-state index contributed by atoms with van der Waals surface area (Å²) in [7, 11) is 0. The van der Waals surface area contributed by atoms with E-state index in [1.807, 2.05) is 25.1 Å². The van der Waals surface area contributed by atoms with Gasteiger partial charge in [-0.15, -0.1) is 0 Å². The zero-order chi connectivity index (χ0) is 15.6. The van der Waals surface area contributed by atoms with Crippen molar-refractivity contribution in [3.63, 3.8) is 0 Å². The van der Waals surface area contributed by atoms with Crippen LogP contribution in [0.4, 0.5) is 0 Å². The molecule has 3 heteroatoms. The topological polar surface area (TPSA) is 52.9 Å². The van der Waals surface area contributed by atoms with E-state index in [1.54, 1.807) is 13.8 Å². The first-order valence-corrected chi connectivity index (χ1v) is 6.90. The van der Waals surface area contributed by atoms with Crippen LogP contribution in [-0.2, 0) is 10.2 Å². The Morgan fingerprint density at radius 1 is 1.15 bits per heavy atom. The van der Waals surface area contributed by atoms with Gasteiger partial charge in [-0.05, 0) is 37.3 Å². The zero-order valence-corrected chi connectivity index (χ0v) is 13.2. The fraction of sp³-hybridized carbons (Fsp3) is 0.529. The molecule has 0 spiro atoms. The van der Waals surface area contributed by atoms with Gasteiger partial charge < -0.3 is 5.32 Å². The first kappa shape index (κ1) is 16.2. The quantitative estimate of drug-likeness (QED) is 0.912. The summed E-state index contributed by atoms with van der Waals surface area (Å²) < 4.78 is 0. The Kier molecular flexibility index (Phi) is 4.60. The van der Waals surface area contributed by atoms with Crippen molar-refractivity contribution in [2.75, 3.05) is 0 Å². The van der Waals surface area contributed by atoms with Gasteiger partial charge in [0.15, 0.2) is 0 Å². The summed E-state index contributed by atoms with van der Waals surface area (Å²) in [5, 5.41) is 11.8. The van der Waals surface area contributed by atoms with Crippen molar-refractivity contribution < 1.29 is 4.79 Å². The van der Waals surface area contributed by atoms with Crippen LogP contribution in [0.2, 0.25) is 0 Å². The molecule has 0 saturated heterocycles. The van der Waals surface area contributed by atoms with Gasteiger partial charge in [-0.3, -0.25) is 4.79 Å². The Bertz CT molecular complexity index is 515. The molecule has 3 nitrogen and oxygen atoms in total. The van der Waals surface area contributed by atoms with E-state index < -0.39 is 5.41 Å². The Labute approximate surface area is 122 Å². The number of amides is 1. The summed E-state index contributed by atoms with van der Waals surface area (Å²) in [6, 6.07) is 10.2. The molecule has 0 aliphatic rings. The molecule has 1 amide bonds. The molecular weight excluding hydrogens is 248 g/mol. The predicted molar refractivity (Wildman–Crippen MR) is 81.1 cm³/mol. The van der Waals surface area contributed by atoms with Crippen LogP contribution in [0.5, 0.6) is 0 Å². The number of nitriles is 1. The molecular formula is C17H24N2O. The van der Waals surface area contributed by atoms with Crippen LogP contribution in [-0.4, -0.2) is 5.91 Å². The van der Waals surface area contributed by atoms with Gasteiger partial charge in [-0.1, -0.05) is 45.0 Å². The highest BCUT2D eigenvalue weighted by atomic mass is 16.2. The van der Waals surface area contributed by atoms with Gasteiger partial charge in [0.2, 0.25) is 5.91 Å². The number of nitrogens with zero attached hydrogens (tertiary/aromatic N) is 1. The second-order valence-corrected chi connectivity index (χ2v) is 6.80. The van der Waals surface area contributed by atoms with Gasteiger partial charge in [0.25, 0.3) is 0 Å². The van der Waals surface area contributed by atoms with Crippen LogP contribution in [0.3, 0.4) is 0 Å². The van der Waals surface area contributed by atoms with Crippen LogP contribution in [0.15, 0.2) is 24.3 Å². The Morgan fingerprint density at radius 2 is 1.65 bits per heavy atom. The summed E-state index contributed by atoms with van der Waals surface area (Å²) in [6.45, 7) is 11.7. The summed E-state index contributed by atoms with van der Waals surface area (Å²) in [4.78, 5) is 12.0. The molecule has 108 valence electrons. The molecule has 0 bridgehead atoms. The third-order valence-electron chi connectivity index (χ3n) is 3.47. The lowest BCUT2D eigenvalue weighted by Crippen LogP contribution is -2.37. The van der Waals surface area contributed by atoms with Crippen LogP contribution in [0.1, 0.15) is 58.7 Å². The average Bonchev–Trinajstić information content (AvgIpc) is 2.37. The maximum absolute atomic E-state index is 12.0. The molecule has 1 aromatic rings. The highest BCUT2D eigenvalue weighted by Gasteiger charge is 2.28. The van der Waals surface area contributed by atoms with Crippen LogP contribution < -0.4 is 5.32 Å². The van der Waals surface area contributed by atoms with E-state index in [2.05, 4.69) is 38.2 Å². The van der Waals surface area contributed by atoms with Gasteiger partial charge >= 0.3 is 0 Å². The minimum atomic E-state index is -1.00. The second-order valence-electron chi connectivity index (χ2n) is 6.80. The SMILES string of the molecule is CC(NC(=O)C(C)(C)C#N)c1ccc(C(C)(C)C)cc1.